The number of hydrogen-bond acceptors (Lipinski definition) is 5. The van der Waals surface area contributed by atoms with Crippen LogP contribution in [0.3, 0.4) is 0 Å². The number of ether oxygens (including phenoxy) is 1. The maximum atomic E-state index is 12.7. The maximum Gasteiger partial charge on any atom is 0.312 e. The summed E-state index contributed by atoms with van der Waals surface area (Å²) in [6.45, 7) is 3.78. The van der Waals surface area contributed by atoms with Crippen LogP contribution in [0.5, 0.6) is 5.75 Å². The van der Waals surface area contributed by atoms with Gasteiger partial charge >= 0.3 is 6.03 Å². The van der Waals surface area contributed by atoms with E-state index in [2.05, 4.69) is 22.3 Å². The molecule has 1 atom stereocenters. The van der Waals surface area contributed by atoms with Gasteiger partial charge in [0.15, 0.2) is 0 Å². The van der Waals surface area contributed by atoms with Gasteiger partial charge in [0.25, 0.3) is 0 Å². The van der Waals surface area contributed by atoms with Gasteiger partial charge in [-0.3, -0.25) is 9.69 Å². The van der Waals surface area contributed by atoms with Gasteiger partial charge in [0.1, 0.15) is 11.8 Å². The molecule has 144 valence electrons. The Morgan fingerprint density at radius 3 is 2.42 bits per heavy atom. The lowest BCUT2D eigenvalue weighted by Crippen LogP contribution is -2.55. The Bertz CT molecular complexity index is 589. The lowest BCUT2D eigenvalue weighted by molar-refractivity contribution is -0.135. The topological polar surface area (TPSA) is 87.9 Å². The van der Waals surface area contributed by atoms with Crippen molar-refractivity contribution in [2.75, 3.05) is 45.3 Å². The van der Waals surface area contributed by atoms with E-state index in [0.29, 0.717) is 19.5 Å². The summed E-state index contributed by atoms with van der Waals surface area (Å²) in [6.07, 6.45) is 2.57. The third-order valence-electron chi connectivity index (χ3n) is 4.47. The molecule has 1 fully saturated rings. The Morgan fingerprint density at radius 2 is 1.88 bits per heavy atom. The predicted octanol–water partition coefficient (Wildman–Crippen LogP) is 1.13. The molecule has 26 heavy (non-hydrogen) atoms. The Labute approximate surface area is 159 Å². The van der Waals surface area contributed by atoms with Crippen molar-refractivity contribution in [1.29, 1.82) is 0 Å². The molecule has 3 amide bonds. The summed E-state index contributed by atoms with van der Waals surface area (Å²) in [4.78, 5) is 28.0. The second-order valence-electron chi connectivity index (χ2n) is 6.29. The van der Waals surface area contributed by atoms with Crippen molar-refractivity contribution < 1.29 is 14.3 Å². The molecular formula is C18H28N4O3S. The first-order valence-electron chi connectivity index (χ1n) is 8.72. The van der Waals surface area contributed by atoms with Gasteiger partial charge in [-0.25, -0.2) is 4.79 Å². The maximum absolute atomic E-state index is 12.7. The lowest BCUT2D eigenvalue weighted by Gasteiger charge is -2.36. The number of hydrogen-bond donors (Lipinski definition) is 2. The molecule has 0 unspecified atom stereocenters. The monoisotopic (exact) mass is 380 g/mol. The van der Waals surface area contributed by atoms with Crippen LogP contribution in [0.2, 0.25) is 0 Å². The molecule has 7 nitrogen and oxygen atoms in total. The SMILES string of the molecule is COc1ccc(CN2CCN(C(=O)[C@H](CCSC)NC(N)=O)CC2)cc1. The Hall–Kier alpha value is -1.93. The van der Waals surface area contributed by atoms with Crippen LogP contribution in [-0.4, -0.2) is 73.1 Å². The van der Waals surface area contributed by atoms with Crippen molar-refractivity contribution in [2.45, 2.75) is 19.0 Å². The van der Waals surface area contributed by atoms with E-state index in [9.17, 15) is 9.59 Å². The van der Waals surface area contributed by atoms with Crippen molar-refractivity contribution in [3.63, 3.8) is 0 Å². The first-order chi connectivity index (χ1) is 12.5. The summed E-state index contributed by atoms with van der Waals surface area (Å²) >= 11 is 1.65. The fourth-order valence-electron chi connectivity index (χ4n) is 3.00. The van der Waals surface area contributed by atoms with Crippen LogP contribution in [0, 0.1) is 0 Å². The predicted molar refractivity (Wildman–Crippen MR) is 104 cm³/mol. The quantitative estimate of drug-likeness (QED) is 0.706. The van der Waals surface area contributed by atoms with E-state index in [0.717, 1.165) is 31.1 Å². The average molecular weight is 381 g/mol. The van der Waals surface area contributed by atoms with Crippen molar-refractivity contribution in [3.05, 3.63) is 29.8 Å². The third kappa shape index (κ3) is 6.10. The molecule has 1 aromatic rings. The zero-order chi connectivity index (χ0) is 18.9. The van der Waals surface area contributed by atoms with Crippen LogP contribution >= 0.6 is 11.8 Å². The van der Waals surface area contributed by atoms with Crippen LogP contribution in [-0.2, 0) is 11.3 Å². The van der Waals surface area contributed by atoms with Crippen LogP contribution in [0.15, 0.2) is 24.3 Å². The summed E-state index contributed by atoms with van der Waals surface area (Å²) in [6, 6.07) is 6.86. The molecule has 0 bridgehead atoms. The number of primary amides is 1. The molecule has 1 heterocycles. The van der Waals surface area contributed by atoms with Crippen LogP contribution in [0.1, 0.15) is 12.0 Å². The number of piperazine rings is 1. The zero-order valence-corrected chi connectivity index (χ0v) is 16.3. The van der Waals surface area contributed by atoms with Crippen molar-refractivity contribution in [3.8, 4) is 5.75 Å². The molecule has 1 aliphatic rings. The molecule has 0 radical (unpaired) electrons. The van der Waals surface area contributed by atoms with E-state index in [4.69, 9.17) is 10.5 Å². The number of carbonyl (C=O) groups excluding carboxylic acids is 2. The number of benzene rings is 1. The number of nitrogens with two attached hydrogens (primary N) is 1. The van der Waals surface area contributed by atoms with Gasteiger partial charge in [0.2, 0.25) is 5.91 Å². The molecule has 1 aliphatic heterocycles. The minimum absolute atomic E-state index is 0.0399. The standard InChI is InChI=1S/C18H28N4O3S/c1-25-15-5-3-14(4-6-15)13-21-8-10-22(11-9-21)17(23)16(7-12-26-2)20-18(19)24/h3-6,16H,7-13H2,1-2H3,(H3,19,20,24)/t16-/m0/s1. The van der Waals surface area contributed by atoms with E-state index >= 15 is 0 Å². The minimum Gasteiger partial charge on any atom is -0.497 e. The van der Waals surface area contributed by atoms with Crippen LogP contribution < -0.4 is 15.8 Å². The number of urea groups is 1. The Morgan fingerprint density at radius 1 is 1.23 bits per heavy atom. The molecule has 0 aromatic heterocycles. The van der Waals surface area contributed by atoms with Crippen LogP contribution in [0.25, 0.3) is 0 Å². The first-order valence-corrected chi connectivity index (χ1v) is 10.1. The van der Waals surface area contributed by atoms with E-state index in [-0.39, 0.29) is 5.91 Å². The summed E-state index contributed by atoms with van der Waals surface area (Å²) in [5.74, 6) is 1.61. The molecule has 2 rings (SSSR count). The molecule has 0 aliphatic carbocycles. The highest BCUT2D eigenvalue weighted by atomic mass is 32.2. The molecule has 0 spiro atoms. The Kier molecular flexibility index (Phi) is 8.06. The number of amides is 3. The fourth-order valence-corrected chi connectivity index (χ4v) is 3.47. The smallest absolute Gasteiger partial charge is 0.312 e. The summed E-state index contributed by atoms with van der Waals surface area (Å²) < 4.78 is 5.18. The van der Waals surface area contributed by atoms with Crippen molar-refractivity contribution in [1.82, 2.24) is 15.1 Å². The largest absolute Gasteiger partial charge is 0.497 e. The second kappa shape index (κ2) is 10.3. The average Bonchev–Trinajstić information content (AvgIpc) is 2.65. The number of rotatable bonds is 8. The summed E-state index contributed by atoms with van der Waals surface area (Å²) in [5.41, 5.74) is 6.44. The molecule has 1 saturated heterocycles. The van der Waals surface area contributed by atoms with Gasteiger partial charge in [0, 0.05) is 32.7 Å². The lowest BCUT2D eigenvalue weighted by atomic mass is 10.1. The highest BCUT2D eigenvalue weighted by molar-refractivity contribution is 7.98. The van der Waals surface area contributed by atoms with E-state index in [1.165, 1.54) is 5.56 Å². The third-order valence-corrected chi connectivity index (χ3v) is 5.12. The van der Waals surface area contributed by atoms with E-state index < -0.39 is 12.1 Å². The van der Waals surface area contributed by atoms with Crippen molar-refractivity contribution >= 4 is 23.7 Å². The van der Waals surface area contributed by atoms with E-state index in [1.807, 2.05) is 23.3 Å². The van der Waals surface area contributed by atoms with Gasteiger partial charge in [0.05, 0.1) is 7.11 Å². The number of nitrogens with one attached hydrogen (secondary N) is 1. The Balaban J connectivity index is 1.85. The van der Waals surface area contributed by atoms with Gasteiger partial charge in [-0.1, -0.05) is 12.1 Å². The number of thioether (sulfide) groups is 1. The van der Waals surface area contributed by atoms with Gasteiger partial charge < -0.3 is 20.7 Å². The molecule has 8 heteroatoms. The van der Waals surface area contributed by atoms with Crippen LogP contribution in [0.4, 0.5) is 4.79 Å². The molecule has 1 aromatic carbocycles. The number of nitrogens with zero attached hydrogens (tertiary/aromatic N) is 2. The highest BCUT2D eigenvalue weighted by Crippen LogP contribution is 2.15. The molecular weight excluding hydrogens is 352 g/mol. The first kappa shape index (κ1) is 20.4. The number of methoxy groups -OCH3 is 1. The second-order valence-corrected chi connectivity index (χ2v) is 7.28. The fraction of sp³-hybridized carbons (Fsp3) is 0.556. The highest BCUT2D eigenvalue weighted by Gasteiger charge is 2.27. The normalized spacial score (nSPS) is 16.2. The zero-order valence-electron chi connectivity index (χ0n) is 15.4. The summed E-state index contributed by atoms with van der Waals surface area (Å²) in [5, 5.41) is 2.58. The summed E-state index contributed by atoms with van der Waals surface area (Å²) in [7, 11) is 1.66. The minimum atomic E-state index is -0.650. The van der Waals surface area contributed by atoms with Crippen molar-refractivity contribution in [2.24, 2.45) is 5.73 Å². The van der Waals surface area contributed by atoms with Gasteiger partial charge in [-0.05, 0) is 36.1 Å². The van der Waals surface area contributed by atoms with Gasteiger partial charge in [-0.2, -0.15) is 11.8 Å². The van der Waals surface area contributed by atoms with Gasteiger partial charge in [-0.15, -0.1) is 0 Å². The molecule has 0 saturated carbocycles. The number of carbonyl (C=O) groups is 2. The molecule has 3 N–H and O–H groups in total. The van der Waals surface area contributed by atoms with E-state index in [1.54, 1.807) is 18.9 Å².